The van der Waals surface area contributed by atoms with Crippen LogP contribution >= 0.6 is 0 Å². The maximum Gasteiger partial charge on any atom is 0.295 e. The molecule has 18 heavy (non-hydrogen) atoms. The predicted octanol–water partition coefficient (Wildman–Crippen LogP) is 1.46. The summed E-state index contributed by atoms with van der Waals surface area (Å²) in [5.74, 6) is 0. The molecule has 96 valence electrons. The SMILES string of the molecule is NCCNc1cccc2cccc(S(=O)(=O)O)c12. The van der Waals surface area contributed by atoms with Crippen molar-refractivity contribution in [3.05, 3.63) is 36.4 Å². The smallest absolute Gasteiger partial charge is 0.295 e. The van der Waals surface area contributed by atoms with Gasteiger partial charge >= 0.3 is 0 Å². The fourth-order valence-corrected chi connectivity index (χ4v) is 2.61. The lowest BCUT2D eigenvalue weighted by atomic mass is 10.1. The highest BCUT2D eigenvalue weighted by atomic mass is 32.2. The molecule has 0 fully saturated rings. The van der Waals surface area contributed by atoms with E-state index in [0.29, 0.717) is 24.2 Å². The highest BCUT2D eigenvalue weighted by Gasteiger charge is 2.15. The van der Waals surface area contributed by atoms with E-state index in [-0.39, 0.29) is 4.90 Å². The maximum atomic E-state index is 11.4. The van der Waals surface area contributed by atoms with E-state index in [4.69, 9.17) is 5.73 Å². The Morgan fingerprint density at radius 3 is 2.44 bits per heavy atom. The molecule has 0 heterocycles. The van der Waals surface area contributed by atoms with E-state index in [2.05, 4.69) is 5.32 Å². The van der Waals surface area contributed by atoms with Gasteiger partial charge in [-0.05, 0) is 17.5 Å². The molecule has 0 aliphatic heterocycles. The van der Waals surface area contributed by atoms with E-state index in [0.717, 1.165) is 5.39 Å². The van der Waals surface area contributed by atoms with Crippen LogP contribution in [0.2, 0.25) is 0 Å². The minimum absolute atomic E-state index is 0.0971. The van der Waals surface area contributed by atoms with Gasteiger partial charge in [0.25, 0.3) is 10.1 Å². The van der Waals surface area contributed by atoms with Crippen molar-refractivity contribution < 1.29 is 13.0 Å². The molecule has 2 aromatic carbocycles. The lowest BCUT2D eigenvalue weighted by Gasteiger charge is -2.11. The molecule has 4 N–H and O–H groups in total. The third-order valence-electron chi connectivity index (χ3n) is 2.60. The summed E-state index contributed by atoms with van der Waals surface area (Å²) >= 11 is 0. The fourth-order valence-electron chi connectivity index (χ4n) is 1.88. The minimum Gasteiger partial charge on any atom is -0.383 e. The highest BCUT2D eigenvalue weighted by molar-refractivity contribution is 7.86. The largest absolute Gasteiger partial charge is 0.383 e. The van der Waals surface area contributed by atoms with E-state index in [9.17, 15) is 13.0 Å². The van der Waals surface area contributed by atoms with Crippen LogP contribution in [0.5, 0.6) is 0 Å². The number of anilines is 1. The van der Waals surface area contributed by atoms with Gasteiger partial charge in [0.1, 0.15) is 4.90 Å². The van der Waals surface area contributed by atoms with Crippen molar-refractivity contribution >= 4 is 26.6 Å². The number of hydrogen-bond donors (Lipinski definition) is 3. The van der Waals surface area contributed by atoms with Gasteiger partial charge in [-0.15, -0.1) is 0 Å². The van der Waals surface area contributed by atoms with Gasteiger partial charge < -0.3 is 11.1 Å². The zero-order valence-electron chi connectivity index (χ0n) is 9.63. The summed E-state index contributed by atoms with van der Waals surface area (Å²) in [4.78, 5) is -0.0971. The number of rotatable bonds is 4. The third-order valence-corrected chi connectivity index (χ3v) is 3.50. The van der Waals surface area contributed by atoms with E-state index in [1.165, 1.54) is 6.07 Å². The standard InChI is InChI=1S/C12H14N2O3S/c13-7-8-14-10-5-1-3-9-4-2-6-11(12(9)10)18(15,16)17/h1-6,14H,7-8,13H2,(H,15,16,17). The van der Waals surface area contributed by atoms with Crippen LogP contribution in [0.1, 0.15) is 0 Å². The molecule has 0 radical (unpaired) electrons. The lowest BCUT2D eigenvalue weighted by Crippen LogP contribution is -2.13. The Morgan fingerprint density at radius 2 is 1.83 bits per heavy atom. The van der Waals surface area contributed by atoms with Crippen LogP contribution in [0.25, 0.3) is 10.8 Å². The van der Waals surface area contributed by atoms with Crippen molar-refractivity contribution in [3.8, 4) is 0 Å². The van der Waals surface area contributed by atoms with Crippen LogP contribution < -0.4 is 11.1 Å². The lowest BCUT2D eigenvalue weighted by molar-refractivity contribution is 0.484. The maximum absolute atomic E-state index is 11.4. The average molecular weight is 266 g/mol. The van der Waals surface area contributed by atoms with Gasteiger partial charge in [0.2, 0.25) is 0 Å². The Kier molecular flexibility index (Phi) is 3.51. The van der Waals surface area contributed by atoms with Crippen LogP contribution in [0, 0.1) is 0 Å². The Morgan fingerprint density at radius 1 is 1.17 bits per heavy atom. The first-order valence-corrected chi connectivity index (χ1v) is 6.91. The quantitative estimate of drug-likeness (QED) is 0.728. The molecule has 0 aromatic heterocycles. The molecule has 2 rings (SSSR count). The first-order valence-electron chi connectivity index (χ1n) is 5.47. The predicted molar refractivity (Wildman–Crippen MR) is 71.3 cm³/mol. The van der Waals surface area contributed by atoms with E-state index in [1.54, 1.807) is 24.3 Å². The van der Waals surface area contributed by atoms with Gasteiger partial charge in [-0.25, -0.2) is 0 Å². The Balaban J connectivity index is 2.72. The average Bonchev–Trinajstić information content (AvgIpc) is 2.34. The van der Waals surface area contributed by atoms with Gasteiger partial charge in [-0.2, -0.15) is 8.42 Å². The van der Waals surface area contributed by atoms with Crippen LogP contribution in [0.15, 0.2) is 41.3 Å². The molecule has 0 saturated heterocycles. The second-order valence-electron chi connectivity index (χ2n) is 3.85. The van der Waals surface area contributed by atoms with E-state index >= 15 is 0 Å². The van der Waals surface area contributed by atoms with Crippen molar-refractivity contribution in [3.63, 3.8) is 0 Å². The Labute approximate surface area is 105 Å². The van der Waals surface area contributed by atoms with Crippen LogP contribution in [0.3, 0.4) is 0 Å². The van der Waals surface area contributed by atoms with Crippen molar-refractivity contribution in [2.24, 2.45) is 5.73 Å². The molecule has 0 atom stereocenters. The van der Waals surface area contributed by atoms with Crippen LogP contribution in [-0.4, -0.2) is 26.1 Å². The first-order chi connectivity index (χ1) is 8.54. The van der Waals surface area contributed by atoms with E-state index < -0.39 is 10.1 Å². The Hall–Kier alpha value is -1.63. The zero-order valence-corrected chi connectivity index (χ0v) is 10.4. The van der Waals surface area contributed by atoms with Gasteiger partial charge in [-0.1, -0.05) is 24.3 Å². The second-order valence-corrected chi connectivity index (χ2v) is 5.24. The zero-order chi connectivity index (χ0) is 13.2. The van der Waals surface area contributed by atoms with Crippen molar-refractivity contribution in [2.45, 2.75) is 4.90 Å². The summed E-state index contributed by atoms with van der Waals surface area (Å²) in [5.41, 5.74) is 6.06. The number of hydrogen-bond acceptors (Lipinski definition) is 4. The molecule has 0 spiro atoms. The molecule has 0 aliphatic rings. The molecule has 0 aliphatic carbocycles. The van der Waals surface area contributed by atoms with Gasteiger partial charge in [0.05, 0.1) is 0 Å². The second kappa shape index (κ2) is 4.93. The van der Waals surface area contributed by atoms with Crippen molar-refractivity contribution in [1.29, 1.82) is 0 Å². The number of benzene rings is 2. The fraction of sp³-hybridized carbons (Fsp3) is 0.167. The molecule has 5 nitrogen and oxygen atoms in total. The molecule has 2 aromatic rings. The Bertz CT molecular complexity index is 663. The minimum atomic E-state index is -4.25. The van der Waals surface area contributed by atoms with Gasteiger partial charge in [-0.3, -0.25) is 4.55 Å². The summed E-state index contributed by atoms with van der Waals surface area (Å²) < 4.78 is 32.0. The molecule has 0 unspecified atom stereocenters. The van der Waals surface area contributed by atoms with Crippen LogP contribution in [-0.2, 0) is 10.1 Å². The van der Waals surface area contributed by atoms with Gasteiger partial charge in [0.15, 0.2) is 0 Å². The molecule has 0 bridgehead atoms. The third kappa shape index (κ3) is 2.45. The van der Waals surface area contributed by atoms with E-state index in [1.807, 2.05) is 6.07 Å². The van der Waals surface area contributed by atoms with Crippen LogP contribution in [0.4, 0.5) is 5.69 Å². The first kappa shape index (κ1) is 12.8. The summed E-state index contributed by atoms with van der Waals surface area (Å²) in [7, 11) is -4.25. The number of nitrogens with two attached hydrogens (primary N) is 1. The topological polar surface area (TPSA) is 92.4 Å². The highest BCUT2D eigenvalue weighted by Crippen LogP contribution is 2.29. The molecule has 0 saturated carbocycles. The number of fused-ring (bicyclic) bond motifs is 1. The molecular weight excluding hydrogens is 252 g/mol. The van der Waals surface area contributed by atoms with Crippen molar-refractivity contribution in [2.75, 3.05) is 18.4 Å². The molecule has 6 heteroatoms. The normalized spacial score (nSPS) is 11.7. The molecule has 0 amide bonds. The monoisotopic (exact) mass is 266 g/mol. The summed E-state index contributed by atoms with van der Waals surface area (Å²) in [6.07, 6.45) is 0. The summed E-state index contributed by atoms with van der Waals surface area (Å²) in [6.45, 7) is 0.962. The van der Waals surface area contributed by atoms with Gasteiger partial charge in [0, 0.05) is 24.2 Å². The number of nitrogens with one attached hydrogen (secondary N) is 1. The molecular formula is C12H14N2O3S. The van der Waals surface area contributed by atoms with Crippen molar-refractivity contribution in [1.82, 2.24) is 0 Å². The summed E-state index contributed by atoms with van der Waals surface area (Å²) in [6, 6.07) is 10.1. The summed E-state index contributed by atoms with van der Waals surface area (Å²) in [5, 5.41) is 4.27.